The predicted octanol–water partition coefficient (Wildman–Crippen LogP) is 5.73. The van der Waals surface area contributed by atoms with Crippen LogP contribution in [0, 0.1) is 13.8 Å². The van der Waals surface area contributed by atoms with Gasteiger partial charge in [-0.3, -0.25) is 4.79 Å². The molecule has 2 aromatic carbocycles. The molecule has 0 spiro atoms. The van der Waals surface area contributed by atoms with E-state index in [4.69, 9.17) is 13.9 Å². The molecule has 3 rings (SSSR count). The monoisotopic (exact) mass is 431 g/mol. The fourth-order valence-corrected chi connectivity index (χ4v) is 2.78. The van der Waals surface area contributed by atoms with Crippen LogP contribution in [0.15, 0.2) is 52.9 Å². The number of rotatable bonds is 9. The third kappa shape index (κ3) is 5.97. The summed E-state index contributed by atoms with van der Waals surface area (Å²) < 4.78 is 46.0. The molecule has 1 heterocycles. The Bertz CT molecular complexity index is 1050. The molecule has 0 aliphatic rings. The van der Waals surface area contributed by atoms with Gasteiger partial charge in [0.15, 0.2) is 17.3 Å². The molecule has 0 fully saturated rings. The van der Waals surface area contributed by atoms with Gasteiger partial charge in [-0.2, -0.15) is 8.78 Å². The number of nitrogens with one attached hydrogen (secondary N) is 1. The van der Waals surface area contributed by atoms with E-state index in [1.807, 2.05) is 32.0 Å². The van der Waals surface area contributed by atoms with Crippen LogP contribution in [0.2, 0.25) is 0 Å². The second-order valence-corrected chi connectivity index (χ2v) is 6.73. The molecule has 1 aromatic heterocycles. The zero-order valence-corrected chi connectivity index (χ0v) is 17.4. The molecular weight excluding hydrogens is 408 g/mol. The fourth-order valence-electron chi connectivity index (χ4n) is 2.78. The molecule has 164 valence electrons. The van der Waals surface area contributed by atoms with Crippen molar-refractivity contribution >= 4 is 11.6 Å². The van der Waals surface area contributed by atoms with Crippen LogP contribution in [0.1, 0.15) is 34.4 Å². The summed E-state index contributed by atoms with van der Waals surface area (Å²) in [6.45, 7) is 3.17. The number of aryl methyl sites for hydroxylation is 2. The number of ether oxygens (including phenoxy) is 3. The maximum Gasteiger partial charge on any atom is 0.387 e. The Balaban J connectivity index is 1.63. The van der Waals surface area contributed by atoms with Crippen LogP contribution < -0.4 is 19.5 Å². The number of amides is 1. The Kier molecular flexibility index (Phi) is 7.12. The summed E-state index contributed by atoms with van der Waals surface area (Å²) in [5.74, 6) is 0.771. The highest BCUT2D eigenvalue weighted by Crippen LogP contribution is 2.32. The van der Waals surface area contributed by atoms with Crippen molar-refractivity contribution in [1.82, 2.24) is 0 Å². The third-order valence-electron chi connectivity index (χ3n) is 4.46. The average Bonchev–Trinajstić information content (AvgIpc) is 3.20. The van der Waals surface area contributed by atoms with E-state index in [0.29, 0.717) is 17.2 Å². The topological polar surface area (TPSA) is 69.9 Å². The van der Waals surface area contributed by atoms with Gasteiger partial charge >= 0.3 is 6.61 Å². The maximum atomic E-state index is 12.5. The molecule has 0 unspecified atom stereocenters. The van der Waals surface area contributed by atoms with E-state index >= 15 is 0 Å². The third-order valence-corrected chi connectivity index (χ3v) is 4.46. The van der Waals surface area contributed by atoms with Crippen LogP contribution in [0.5, 0.6) is 17.2 Å². The number of anilines is 1. The van der Waals surface area contributed by atoms with Crippen LogP contribution in [0.3, 0.4) is 0 Å². The normalized spacial score (nSPS) is 10.8. The number of alkyl halides is 2. The van der Waals surface area contributed by atoms with Gasteiger partial charge in [0, 0.05) is 11.8 Å². The molecule has 0 saturated heterocycles. The van der Waals surface area contributed by atoms with Gasteiger partial charge in [-0.1, -0.05) is 6.07 Å². The number of halogens is 2. The standard InChI is InChI=1S/C23H23F2NO5/c1-4-28-21-12-16(6-9-19(21)31-23(24)25)26-22(27)20-10-8-18(30-20)13-29-17-7-5-14(2)15(3)11-17/h5-12,23H,4,13H2,1-3H3,(H,26,27). The molecule has 0 aliphatic carbocycles. The number of carbonyl (C=O) groups is 1. The first-order valence-electron chi connectivity index (χ1n) is 9.67. The van der Waals surface area contributed by atoms with Gasteiger partial charge in [0.05, 0.1) is 6.61 Å². The van der Waals surface area contributed by atoms with E-state index in [-0.39, 0.29) is 30.5 Å². The Hall–Kier alpha value is -3.55. The molecule has 0 atom stereocenters. The Morgan fingerprint density at radius 2 is 1.81 bits per heavy atom. The number of benzene rings is 2. The molecular formula is C23H23F2NO5. The number of hydrogen-bond acceptors (Lipinski definition) is 5. The van der Waals surface area contributed by atoms with Gasteiger partial charge in [0.2, 0.25) is 0 Å². The van der Waals surface area contributed by atoms with E-state index in [9.17, 15) is 13.6 Å². The van der Waals surface area contributed by atoms with Crippen molar-refractivity contribution in [2.75, 3.05) is 11.9 Å². The zero-order valence-electron chi connectivity index (χ0n) is 17.4. The smallest absolute Gasteiger partial charge is 0.387 e. The first kappa shape index (κ1) is 22.1. The van der Waals surface area contributed by atoms with Crippen LogP contribution in [-0.2, 0) is 6.61 Å². The Labute approximate surface area is 178 Å². The lowest BCUT2D eigenvalue weighted by Crippen LogP contribution is -2.11. The van der Waals surface area contributed by atoms with Gasteiger partial charge in [-0.15, -0.1) is 0 Å². The minimum absolute atomic E-state index is 0.0875. The SMILES string of the molecule is CCOc1cc(NC(=O)c2ccc(COc3ccc(C)c(C)c3)o2)ccc1OC(F)F. The summed E-state index contributed by atoms with van der Waals surface area (Å²) in [5.41, 5.74) is 2.64. The van der Waals surface area contributed by atoms with Crippen LogP contribution in [0.4, 0.5) is 14.5 Å². The van der Waals surface area contributed by atoms with Crippen molar-refractivity contribution in [3.63, 3.8) is 0 Å². The molecule has 0 saturated carbocycles. The van der Waals surface area contributed by atoms with Crippen LogP contribution in [0.25, 0.3) is 0 Å². The molecule has 8 heteroatoms. The van der Waals surface area contributed by atoms with E-state index in [1.54, 1.807) is 13.0 Å². The van der Waals surface area contributed by atoms with Crippen molar-refractivity contribution in [2.45, 2.75) is 34.0 Å². The minimum atomic E-state index is -2.98. The molecule has 3 aromatic rings. The minimum Gasteiger partial charge on any atom is -0.490 e. The summed E-state index contributed by atoms with van der Waals surface area (Å²) in [6.07, 6.45) is 0. The lowest BCUT2D eigenvalue weighted by Gasteiger charge is -2.13. The quantitative estimate of drug-likeness (QED) is 0.469. The summed E-state index contributed by atoms with van der Waals surface area (Å²) in [4.78, 5) is 12.5. The largest absolute Gasteiger partial charge is 0.490 e. The van der Waals surface area contributed by atoms with Gasteiger partial charge in [0.25, 0.3) is 5.91 Å². The first-order valence-corrected chi connectivity index (χ1v) is 9.67. The van der Waals surface area contributed by atoms with E-state index in [1.165, 1.54) is 29.8 Å². The van der Waals surface area contributed by atoms with Crippen molar-refractivity contribution < 1.29 is 32.2 Å². The number of carbonyl (C=O) groups excluding carboxylic acids is 1. The highest BCUT2D eigenvalue weighted by atomic mass is 19.3. The van der Waals surface area contributed by atoms with Crippen molar-refractivity contribution in [1.29, 1.82) is 0 Å². The van der Waals surface area contributed by atoms with E-state index in [0.717, 1.165) is 5.56 Å². The van der Waals surface area contributed by atoms with Gasteiger partial charge in [-0.05, 0) is 68.3 Å². The van der Waals surface area contributed by atoms with Gasteiger partial charge in [-0.25, -0.2) is 0 Å². The zero-order chi connectivity index (χ0) is 22.4. The number of hydrogen-bond donors (Lipinski definition) is 1. The van der Waals surface area contributed by atoms with Crippen molar-refractivity contribution in [2.24, 2.45) is 0 Å². The molecule has 0 aliphatic heterocycles. The lowest BCUT2D eigenvalue weighted by atomic mass is 10.1. The van der Waals surface area contributed by atoms with E-state index < -0.39 is 12.5 Å². The second kappa shape index (κ2) is 9.97. The molecule has 0 radical (unpaired) electrons. The summed E-state index contributed by atoms with van der Waals surface area (Å²) >= 11 is 0. The fraction of sp³-hybridized carbons (Fsp3) is 0.261. The Morgan fingerprint density at radius 1 is 1.00 bits per heavy atom. The maximum absolute atomic E-state index is 12.5. The average molecular weight is 431 g/mol. The lowest BCUT2D eigenvalue weighted by molar-refractivity contribution is -0.0514. The van der Waals surface area contributed by atoms with Crippen molar-refractivity contribution in [3.05, 3.63) is 71.2 Å². The molecule has 31 heavy (non-hydrogen) atoms. The Morgan fingerprint density at radius 3 is 2.52 bits per heavy atom. The van der Waals surface area contributed by atoms with Gasteiger partial charge < -0.3 is 23.9 Å². The molecule has 0 bridgehead atoms. The van der Waals surface area contributed by atoms with E-state index in [2.05, 4.69) is 10.1 Å². The predicted molar refractivity (Wildman–Crippen MR) is 111 cm³/mol. The van der Waals surface area contributed by atoms with Crippen LogP contribution in [-0.4, -0.2) is 19.1 Å². The molecule has 1 N–H and O–H groups in total. The summed E-state index contributed by atoms with van der Waals surface area (Å²) in [7, 11) is 0. The summed E-state index contributed by atoms with van der Waals surface area (Å²) in [5, 5.41) is 2.64. The number of furan rings is 1. The second-order valence-electron chi connectivity index (χ2n) is 6.73. The molecule has 6 nitrogen and oxygen atoms in total. The molecule has 1 amide bonds. The highest BCUT2D eigenvalue weighted by Gasteiger charge is 2.15. The van der Waals surface area contributed by atoms with Gasteiger partial charge in [0.1, 0.15) is 18.1 Å². The first-order chi connectivity index (χ1) is 14.9. The van der Waals surface area contributed by atoms with Crippen LogP contribution >= 0.6 is 0 Å². The van der Waals surface area contributed by atoms with Crippen molar-refractivity contribution in [3.8, 4) is 17.2 Å². The highest BCUT2D eigenvalue weighted by molar-refractivity contribution is 6.02. The summed E-state index contributed by atoms with van der Waals surface area (Å²) in [6, 6.07) is 13.1.